The van der Waals surface area contributed by atoms with Gasteiger partial charge in [0.1, 0.15) is 0 Å². The van der Waals surface area contributed by atoms with Gasteiger partial charge < -0.3 is 9.80 Å². The molecule has 2 heteroatoms. The van der Waals surface area contributed by atoms with E-state index in [0.29, 0.717) is 5.92 Å². The molecule has 0 spiro atoms. The van der Waals surface area contributed by atoms with Crippen molar-refractivity contribution in [3.8, 4) is 0 Å². The number of anilines is 1. The molecule has 0 aromatic heterocycles. The lowest BCUT2D eigenvalue weighted by Crippen LogP contribution is -2.44. The van der Waals surface area contributed by atoms with Crippen LogP contribution in [-0.4, -0.2) is 38.1 Å². The molecule has 0 aliphatic carbocycles. The smallest absolute Gasteiger partial charge is 0.0372 e. The van der Waals surface area contributed by atoms with Crippen molar-refractivity contribution in [3.05, 3.63) is 29.3 Å². The van der Waals surface area contributed by atoms with E-state index >= 15 is 0 Å². The molecule has 2 rings (SSSR count). The van der Waals surface area contributed by atoms with Gasteiger partial charge in [-0.3, -0.25) is 0 Å². The molecule has 1 saturated heterocycles. The second-order valence-electron chi connectivity index (χ2n) is 5.55. The van der Waals surface area contributed by atoms with Gasteiger partial charge in [-0.2, -0.15) is 0 Å². The SMILES string of the molecule is Cc1cc(C(C)C)cc(N2CCN(C)CC2)c1. The van der Waals surface area contributed by atoms with E-state index in [-0.39, 0.29) is 0 Å². The second-order valence-corrected chi connectivity index (χ2v) is 5.55. The topological polar surface area (TPSA) is 6.48 Å². The number of piperazine rings is 1. The quantitative estimate of drug-likeness (QED) is 0.773. The van der Waals surface area contributed by atoms with Crippen molar-refractivity contribution < 1.29 is 0 Å². The van der Waals surface area contributed by atoms with Crippen LogP contribution in [0.15, 0.2) is 18.2 Å². The van der Waals surface area contributed by atoms with Gasteiger partial charge in [-0.1, -0.05) is 19.9 Å². The third kappa shape index (κ3) is 3.01. The number of hydrogen-bond acceptors (Lipinski definition) is 2. The number of nitrogens with zero attached hydrogens (tertiary/aromatic N) is 2. The number of likely N-dealkylation sites (N-methyl/N-ethyl adjacent to an activating group) is 1. The van der Waals surface area contributed by atoms with Gasteiger partial charge in [-0.15, -0.1) is 0 Å². The standard InChI is InChI=1S/C15H24N2/c1-12(2)14-9-13(3)10-15(11-14)17-7-5-16(4)6-8-17/h9-12H,5-8H2,1-4H3. The van der Waals surface area contributed by atoms with Crippen LogP contribution in [-0.2, 0) is 0 Å². The summed E-state index contributed by atoms with van der Waals surface area (Å²) in [5.74, 6) is 0.612. The normalized spacial score (nSPS) is 17.8. The fourth-order valence-electron chi connectivity index (χ4n) is 2.37. The summed E-state index contributed by atoms with van der Waals surface area (Å²) in [7, 11) is 2.20. The Hall–Kier alpha value is -1.02. The molecular formula is C15H24N2. The van der Waals surface area contributed by atoms with Crippen molar-refractivity contribution in [1.82, 2.24) is 4.90 Å². The molecule has 0 amide bonds. The molecule has 1 aliphatic heterocycles. The van der Waals surface area contributed by atoms with Crippen LogP contribution in [0.25, 0.3) is 0 Å². The van der Waals surface area contributed by atoms with Gasteiger partial charge in [0.05, 0.1) is 0 Å². The number of rotatable bonds is 2. The summed E-state index contributed by atoms with van der Waals surface area (Å²) in [4.78, 5) is 4.91. The van der Waals surface area contributed by atoms with Crippen molar-refractivity contribution in [1.29, 1.82) is 0 Å². The van der Waals surface area contributed by atoms with Gasteiger partial charge in [0, 0.05) is 31.9 Å². The highest BCUT2D eigenvalue weighted by atomic mass is 15.2. The molecule has 1 heterocycles. The van der Waals surface area contributed by atoms with Crippen LogP contribution >= 0.6 is 0 Å². The van der Waals surface area contributed by atoms with Gasteiger partial charge >= 0.3 is 0 Å². The lowest BCUT2D eigenvalue weighted by atomic mass is 10.00. The van der Waals surface area contributed by atoms with Crippen LogP contribution in [0, 0.1) is 6.92 Å². The molecule has 0 atom stereocenters. The summed E-state index contributed by atoms with van der Waals surface area (Å²) in [6.07, 6.45) is 0. The first-order valence-corrected chi connectivity index (χ1v) is 6.61. The van der Waals surface area contributed by atoms with E-state index in [2.05, 4.69) is 55.8 Å². The van der Waals surface area contributed by atoms with Crippen molar-refractivity contribution in [2.24, 2.45) is 0 Å². The van der Waals surface area contributed by atoms with E-state index in [1.807, 2.05) is 0 Å². The highest BCUT2D eigenvalue weighted by Crippen LogP contribution is 2.24. The lowest BCUT2D eigenvalue weighted by molar-refractivity contribution is 0.313. The molecule has 0 bridgehead atoms. The molecule has 1 aliphatic rings. The first-order valence-electron chi connectivity index (χ1n) is 6.61. The molecule has 0 unspecified atom stereocenters. The first-order chi connectivity index (χ1) is 8.06. The fourth-order valence-corrected chi connectivity index (χ4v) is 2.37. The van der Waals surface area contributed by atoms with Crippen LogP contribution in [0.1, 0.15) is 30.9 Å². The molecule has 0 N–H and O–H groups in total. The number of hydrogen-bond donors (Lipinski definition) is 0. The molecule has 17 heavy (non-hydrogen) atoms. The third-order valence-electron chi connectivity index (χ3n) is 3.62. The predicted octanol–water partition coefficient (Wildman–Crippen LogP) is 2.87. The molecule has 94 valence electrons. The first kappa shape index (κ1) is 12.4. The minimum absolute atomic E-state index is 0.612. The van der Waals surface area contributed by atoms with Crippen molar-refractivity contribution >= 4 is 5.69 Å². The number of aryl methyl sites for hydroxylation is 1. The summed E-state index contributed by atoms with van der Waals surface area (Å²) < 4.78 is 0. The Morgan fingerprint density at radius 1 is 1.00 bits per heavy atom. The molecule has 1 fully saturated rings. The fraction of sp³-hybridized carbons (Fsp3) is 0.600. The zero-order chi connectivity index (χ0) is 12.4. The van der Waals surface area contributed by atoms with E-state index in [9.17, 15) is 0 Å². The van der Waals surface area contributed by atoms with E-state index in [1.54, 1.807) is 0 Å². The highest BCUT2D eigenvalue weighted by molar-refractivity contribution is 5.52. The van der Waals surface area contributed by atoms with Crippen molar-refractivity contribution in [2.75, 3.05) is 38.1 Å². The summed E-state index contributed by atoms with van der Waals surface area (Å²) in [6.45, 7) is 11.4. The van der Waals surface area contributed by atoms with Gasteiger partial charge in [0.25, 0.3) is 0 Å². The maximum absolute atomic E-state index is 2.51. The van der Waals surface area contributed by atoms with Gasteiger partial charge in [-0.25, -0.2) is 0 Å². The van der Waals surface area contributed by atoms with Gasteiger partial charge in [-0.05, 0) is 43.1 Å². The van der Waals surface area contributed by atoms with Crippen molar-refractivity contribution in [2.45, 2.75) is 26.7 Å². The molecule has 0 radical (unpaired) electrons. The second kappa shape index (κ2) is 5.09. The van der Waals surface area contributed by atoms with E-state index in [1.165, 1.54) is 29.9 Å². The Balaban J connectivity index is 2.20. The Morgan fingerprint density at radius 2 is 1.65 bits per heavy atom. The molecule has 1 aromatic rings. The zero-order valence-corrected chi connectivity index (χ0v) is 11.5. The monoisotopic (exact) mass is 232 g/mol. The van der Waals surface area contributed by atoms with Crippen LogP contribution in [0.2, 0.25) is 0 Å². The summed E-state index contributed by atoms with van der Waals surface area (Å²) >= 11 is 0. The van der Waals surface area contributed by atoms with E-state index in [4.69, 9.17) is 0 Å². The third-order valence-corrected chi connectivity index (χ3v) is 3.62. The van der Waals surface area contributed by atoms with Crippen LogP contribution in [0.5, 0.6) is 0 Å². The Bertz CT molecular complexity index is 377. The van der Waals surface area contributed by atoms with Crippen LogP contribution in [0.3, 0.4) is 0 Å². The largest absolute Gasteiger partial charge is 0.369 e. The van der Waals surface area contributed by atoms with E-state index < -0.39 is 0 Å². The Labute approximate surface area is 105 Å². The molecular weight excluding hydrogens is 208 g/mol. The Morgan fingerprint density at radius 3 is 2.24 bits per heavy atom. The molecule has 2 nitrogen and oxygen atoms in total. The highest BCUT2D eigenvalue weighted by Gasteiger charge is 2.15. The zero-order valence-electron chi connectivity index (χ0n) is 11.5. The predicted molar refractivity (Wildman–Crippen MR) is 75.0 cm³/mol. The summed E-state index contributed by atoms with van der Waals surface area (Å²) in [5.41, 5.74) is 4.24. The lowest BCUT2D eigenvalue weighted by Gasteiger charge is -2.34. The summed E-state index contributed by atoms with van der Waals surface area (Å²) in [6, 6.07) is 6.99. The average Bonchev–Trinajstić information content (AvgIpc) is 2.29. The van der Waals surface area contributed by atoms with Gasteiger partial charge in [0.15, 0.2) is 0 Å². The van der Waals surface area contributed by atoms with Crippen LogP contribution in [0.4, 0.5) is 5.69 Å². The van der Waals surface area contributed by atoms with Crippen LogP contribution < -0.4 is 4.90 Å². The minimum atomic E-state index is 0.612. The molecule has 0 saturated carbocycles. The van der Waals surface area contributed by atoms with Crippen molar-refractivity contribution in [3.63, 3.8) is 0 Å². The van der Waals surface area contributed by atoms with E-state index in [0.717, 1.165) is 13.1 Å². The maximum Gasteiger partial charge on any atom is 0.0372 e. The molecule has 1 aromatic carbocycles. The number of benzene rings is 1. The maximum atomic E-state index is 2.51. The summed E-state index contributed by atoms with van der Waals surface area (Å²) in [5, 5.41) is 0. The van der Waals surface area contributed by atoms with Gasteiger partial charge in [0.2, 0.25) is 0 Å². The average molecular weight is 232 g/mol. The minimum Gasteiger partial charge on any atom is -0.369 e. The Kier molecular flexibility index (Phi) is 3.72.